The lowest BCUT2D eigenvalue weighted by molar-refractivity contribution is 0.0943. The van der Waals surface area contributed by atoms with Crippen LogP contribution in [-0.4, -0.2) is 60.0 Å². The minimum Gasteiger partial charge on any atom is -0.351 e. The van der Waals surface area contributed by atoms with Gasteiger partial charge in [-0.1, -0.05) is 12.1 Å². The molecule has 0 aliphatic carbocycles. The van der Waals surface area contributed by atoms with Gasteiger partial charge in [-0.2, -0.15) is 0 Å². The number of nitrogens with one attached hydrogen (secondary N) is 1. The second kappa shape index (κ2) is 7.83. The number of rotatable bonds is 5. The third kappa shape index (κ3) is 4.05. The van der Waals surface area contributed by atoms with E-state index < -0.39 is 5.82 Å². The van der Waals surface area contributed by atoms with E-state index in [-0.39, 0.29) is 11.5 Å². The fourth-order valence-corrected chi connectivity index (χ4v) is 2.69. The van der Waals surface area contributed by atoms with E-state index in [4.69, 9.17) is 0 Å². The maximum atomic E-state index is 13.5. The topological polar surface area (TPSA) is 61.4 Å². The summed E-state index contributed by atoms with van der Waals surface area (Å²) in [7, 11) is 0. The number of carbonyl (C=O) groups excluding carboxylic acids is 1. The smallest absolute Gasteiger partial charge is 0.254 e. The van der Waals surface area contributed by atoms with Crippen LogP contribution in [-0.2, 0) is 0 Å². The number of amides is 1. The van der Waals surface area contributed by atoms with Gasteiger partial charge in [0.2, 0.25) is 5.95 Å². The maximum Gasteiger partial charge on any atom is 0.254 e. The quantitative estimate of drug-likeness (QED) is 0.892. The average molecular weight is 329 g/mol. The molecule has 126 valence electrons. The normalized spacial score (nSPS) is 15.3. The number of piperazine rings is 1. The molecule has 1 N–H and O–H groups in total. The Balaban J connectivity index is 1.41. The van der Waals surface area contributed by atoms with Crippen LogP contribution in [0.1, 0.15) is 10.4 Å². The molecule has 0 atom stereocenters. The van der Waals surface area contributed by atoms with E-state index in [1.165, 1.54) is 12.1 Å². The van der Waals surface area contributed by atoms with Gasteiger partial charge in [0.05, 0.1) is 5.56 Å². The lowest BCUT2D eigenvalue weighted by Crippen LogP contribution is -2.49. The minimum absolute atomic E-state index is 0.0866. The van der Waals surface area contributed by atoms with Crippen molar-refractivity contribution in [3.8, 4) is 0 Å². The van der Waals surface area contributed by atoms with E-state index in [1.807, 2.05) is 0 Å². The van der Waals surface area contributed by atoms with Crippen molar-refractivity contribution in [1.82, 2.24) is 20.2 Å². The van der Waals surface area contributed by atoms with E-state index in [0.29, 0.717) is 6.54 Å². The molecular formula is C17H20FN5O. The third-order valence-electron chi connectivity index (χ3n) is 4.04. The number of anilines is 1. The molecule has 6 nitrogen and oxygen atoms in total. The Bertz CT molecular complexity index is 674. The SMILES string of the molecule is O=C(NCCN1CCN(c2ncccn2)CC1)c1ccccc1F. The molecular weight excluding hydrogens is 309 g/mol. The van der Waals surface area contributed by atoms with E-state index in [2.05, 4.69) is 25.1 Å². The molecule has 2 heterocycles. The fourth-order valence-electron chi connectivity index (χ4n) is 2.69. The largest absolute Gasteiger partial charge is 0.351 e. The summed E-state index contributed by atoms with van der Waals surface area (Å²) in [4.78, 5) is 24.9. The Labute approximate surface area is 140 Å². The molecule has 1 aliphatic rings. The van der Waals surface area contributed by atoms with E-state index in [1.54, 1.807) is 30.6 Å². The Morgan fingerprint density at radius 1 is 1.08 bits per heavy atom. The average Bonchev–Trinajstić information content (AvgIpc) is 2.63. The van der Waals surface area contributed by atoms with Crippen LogP contribution in [0.3, 0.4) is 0 Å². The van der Waals surface area contributed by atoms with Crippen molar-refractivity contribution in [3.05, 3.63) is 54.1 Å². The molecule has 1 amide bonds. The van der Waals surface area contributed by atoms with Crippen LogP contribution in [0.25, 0.3) is 0 Å². The van der Waals surface area contributed by atoms with Crippen molar-refractivity contribution in [1.29, 1.82) is 0 Å². The van der Waals surface area contributed by atoms with Crippen molar-refractivity contribution in [2.75, 3.05) is 44.2 Å². The van der Waals surface area contributed by atoms with Crippen LogP contribution in [0.15, 0.2) is 42.7 Å². The zero-order valence-electron chi connectivity index (χ0n) is 13.4. The van der Waals surface area contributed by atoms with E-state index in [9.17, 15) is 9.18 Å². The highest BCUT2D eigenvalue weighted by Gasteiger charge is 2.18. The molecule has 1 aliphatic heterocycles. The number of carbonyl (C=O) groups is 1. The summed E-state index contributed by atoms with van der Waals surface area (Å²) in [5.74, 6) is -0.110. The number of benzene rings is 1. The number of aromatic nitrogens is 2. The van der Waals surface area contributed by atoms with Crippen LogP contribution >= 0.6 is 0 Å². The van der Waals surface area contributed by atoms with Crippen molar-refractivity contribution < 1.29 is 9.18 Å². The molecule has 2 aromatic rings. The summed E-state index contributed by atoms with van der Waals surface area (Å²) >= 11 is 0. The van der Waals surface area contributed by atoms with Crippen molar-refractivity contribution in [3.63, 3.8) is 0 Å². The predicted octanol–water partition coefficient (Wildman–Crippen LogP) is 1.17. The van der Waals surface area contributed by atoms with Gasteiger partial charge in [-0.05, 0) is 18.2 Å². The lowest BCUT2D eigenvalue weighted by atomic mass is 10.2. The number of halogens is 1. The highest BCUT2D eigenvalue weighted by atomic mass is 19.1. The van der Waals surface area contributed by atoms with Gasteiger partial charge in [0, 0.05) is 51.7 Å². The standard InChI is InChI=1S/C17H20FN5O/c18-15-5-2-1-4-14(15)16(24)19-8-9-22-10-12-23(13-11-22)17-20-6-3-7-21-17/h1-7H,8-13H2,(H,19,24). The van der Waals surface area contributed by atoms with Crippen LogP contribution in [0.4, 0.5) is 10.3 Å². The monoisotopic (exact) mass is 329 g/mol. The second-order valence-corrected chi connectivity index (χ2v) is 5.61. The molecule has 0 spiro atoms. The van der Waals surface area contributed by atoms with Crippen molar-refractivity contribution >= 4 is 11.9 Å². The number of nitrogens with zero attached hydrogens (tertiary/aromatic N) is 4. The number of hydrogen-bond acceptors (Lipinski definition) is 5. The molecule has 0 unspecified atom stereocenters. The fraction of sp³-hybridized carbons (Fsp3) is 0.353. The maximum absolute atomic E-state index is 13.5. The molecule has 7 heteroatoms. The van der Waals surface area contributed by atoms with E-state index >= 15 is 0 Å². The summed E-state index contributed by atoms with van der Waals surface area (Å²) in [6.07, 6.45) is 3.49. The highest BCUT2D eigenvalue weighted by Crippen LogP contribution is 2.09. The molecule has 1 aromatic carbocycles. The van der Waals surface area contributed by atoms with Crippen LogP contribution in [0, 0.1) is 5.82 Å². The van der Waals surface area contributed by atoms with Gasteiger partial charge in [-0.15, -0.1) is 0 Å². The minimum atomic E-state index is -0.494. The first-order valence-electron chi connectivity index (χ1n) is 8.01. The Morgan fingerprint density at radius 3 is 2.50 bits per heavy atom. The van der Waals surface area contributed by atoms with Crippen LogP contribution < -0.4 is 10.2 Å². The molecule has 1 fully saturated rings. The molecule has 0 saturated carbocycles. The number of hydrogen-bond donors (Lipinski definition) is 1. The predicted molar refractivity (Wildman–Crippen MR) is 89.4 cm³/mol. The van der Waals surface area contributed by atoms with Crippen LogP contribution in [0.5, 0.6) is 0 Å². The Morgan fingerprint density at radius 2 is 1.79 bits per heavy atom. The Kier molecular flexibility index (Phi) is 5.32. The molecule has 1 aromatic heterocycles. The van der Waals surface area contributed by atoms with Gasteiger partial charge < -0.3 is 10.2 Å². The summed E-state index contributed by atoms with van der Waals surface area (Å²) in [5, 5.41) is 2.77. The first kappa shape index (κ1) is 16.3. The zero-order valence-corrected chi connectivity index (χ0v) is 13.4. The third-order valence-corrected chi connectivity index (χ3v) is 4.04. The Hall–Kier alpha value is -2.54. The molecule has 1 saturated heterocycles. The second-order valence-electron chi connectivity index (χ2n) is 5.61. The molecule has 0 bridgehead atoms. The van der Waals surface area contributed by atoms with Gasteiger partial charge in [0.25, 0.3) is 5.91 Å². The van der Waals surface area contributed by atoms with E-state index in [0.717, 1.165) is 38.7 Å². The van der Waals surface area contributed by atoms with Gasteiger partial charge in [-0.25, -0.2) is 14.4 Å². The first-order valence-corrected chi connectivity index (χ1v) is 8.01. The molecule has 3 rings (SSSR count). The van der Waals surface area contributed by atoms with Gasteiger partial charge in [0.1, 0.15) is 5.82 Å². The zero-order chi connectivity index (χ0) is 16.8. The summed E-state index contributed by atoms with van der Waals surface area (Å²) < 4.78 is 13.5. The first-order chi connectivity index (χ1) is 11.7. The van der Waals surface area contributed by atoms with Crippen molar-refractivity contribution in [2.24, 2.45) is 0 Å². The highest BCUT2D eigenvalue weighted by molar-refractivity contribution is 5.94. The summed E-state index contributed by atoms with van der Waals surface area (Å²) in [5.41, 5.74) is 0.0866. The molecule has 24 heavy (non-hydrogen) atoms. The summed E-state index contributed by atoms with van der Waals surface area (Å²) in [6, 6.07) is 7.81. The van der Waals surface area contributed by atoms with Crippen molar-refractivity contribution in [2.45, 2.75) is 0 Å². The summed E-state index contributed by atoms with van der Waals surface area (Å²) in [6.45, 7) is 4.71. The molecule has 0 radical (unpaired) electrons. The van der Waals surface area contributed by atoms with Crippen LogP contribution in [0.2, 0.25) is 0 Å². The van der Waals surface area contributed by atoms with Gasteiger partial charge in [-0.3, -0.25) is 9.69 Å². The van der Waals surface area contributed by atoms with Gasteiger partial charge >= 0.3 is 0 Å². The van der Waals surface area contributed by atoms with Gasteiger partial charge in [0.15, 0.2) is 0 Å². The lowest BCUT2D eigenvalue weighted by Gasteiger charge is -2.34.